The molecule has 1 aromatic heterocycles. The van der Waals surface area contributed by atoms with Gasteiger partial charge in [0.2, 0.25) is 5.13 Å². The van der Waals surface area contributed by atoms with E-state index < -0.39 is 0 Å². The summed E-state index contributed by atoms with van der Waals surface area (Å²) in [6.07, 6.45) is 1.79. The molecule has 4 rings (SSSR count). The fraction of sp³-hybridized carbons (Fsp3) is 0.0556. The Bertz CT molecular complexity index is 1080. The van der Waals surface area contributed by atoms with Gasteiger partial charge in [0.05, 0.1) is 22.2 Å². The summed E-state index contributed by atoms with van der Waals surface area (Å²) in [5.41, 5.74) is 1.71. The number of ether oxygens (including phenoxy) is 1. The first-order chi connectivity index (χ1) is 12.6. The Morgan fingerprint density at radius 3 is 2.96 bits per heavy atom. The number of thiazole rings is 1. The van der Waals surface area contributed by atoms with Crippen LogP contribution >= 0.6 is 34.7 Å². The van der Waals surface area contributed by atoms with Crippen LogP contribution in [-0.4, -0.2) is 23.2 Å². The van der Waals surface area contributed by atoms with Gasteiger partial charge < -0.3 is 10.1 Å². The van der Waals surface area contributed by atoms with Gasteiger partial charge in [0.25, 0.3) is 5.91 Å². The van der Waals surface area contributed by atoms with Crippen molar-refractivity contribution >= 4 is 67.2 Å². The van der Waals surface area contributed by atoms with Crippen LogP contribution in [0.25, 0.3) is 16.3 Å². The molecule has 2 heterocycles. The highest BCUT2D eigenvalue weighted by atomic mass is 35.5. The van der Waals surface area contributed by atoms with Crippen molar-refractivity contribution in [3.05, 3.63) is 58.0 Å². The summed E-state index contributed by atoms with van der Waals surface area (Å²) in [4.78, 5) is 21.7. The van der Waals surface area contributed by atoms with Gasteiger partial charge in [-0.1, -0.05) is 35.1 Å². The highest BCUT2D eigenvalue weighted by molar-refractivity contribution is 8.18. The maximum Gasteiger partial charge on any atom is 0.264 e. The molecule has 0 unspecified atom stereocenters. The number of aromatic nitrogens is 1. The minimum absolute atomic E-state index is 0.184. The van der Waals surface area contributed by atoms with Gasteiger partial charge in [0.15, 0.2) is 5.17 Å². The first-order valence-corrected chi connectivity index (χ1v) is 9.61. The van der Waals surface area contributed by atoms with Crippen molar-refractivity contribution < 1.29 is 9.53 Å². The van der Waals surface area contributed by atoms with E-state index in [4.69, 9.17) is 16.3 Å². The third kappa shape index (κ3) is 3.60. The van der Waals surface area contributed by atoms with Crippen molar-refractivity contribution in [2.45, 2.75) is 0 Å². The molecular formula is C18H12ClN3O2S2. The molecular weight excluding hydrogens is 390 g/mol. The van der Waals surface area contributed by atoms with Crippen LogP contribution in [0, 0.1) is 0 Å². The van der Waals surface area contributed by atoms with Crippen molar-refractivity contribution in [3.63, 3.8) is 0 Å². The summed E-state index contributed by atoms with van der Waals surface area (Å²) in [6, 6.07) is 13.0. The number of fused-ring (bicyclic) bond motifs is 1. The number of amidine groups is 1. The molecule has 1 amide bonds. The van der Waals surface area contributed by atoms with Crippen molar-refractivity contribution in [1.82, 2.24) is 10.3 Å². The molecule has 0 radical (unpaired) electrons. The standard InChI is InChI=1S/C18H12ClN3O2S2/c1-24-12-5-6-13-14(9-12)25-17(20-13)22-18-21-16(23)15(26-18)8-10-3-2-4-11(19)7-10/h2-9H,1H3,(H,20,21,22,23)/b15-8-. The summed E-state index contributed by atoms with van der Waals surface area (Å²) in [6.45, 7) is 0. The highest BCUT2D eigenvalue weighted by Crippen LogP contribution is 2.33. The van der Waals surface area contributed by atoms with Crippen LogP contribution in [0.15, 0.2) is 52.4 Å². The number of rotatable bonds is 3. The maximum atomic E-state index is 12.2. The Kier molecular flexibility index (Phi) is 4.67. The van der Waals surface area contributed by atoms with Gasteiger partial charge in [-0.2, -0.15) is 4.99 Å². The Morgan fingerprint density at radius 1 is 1.27 bits per heavy atom. The Morgan fingerprint density at radius 2 is 2.15 bits per heavy atom. The maximum absolute atomic E-state index is 12.2. The largest absolute Gasteiger partial charge is 0.497 e. The molecule has 0 atom stereocenters. The molecule has 0 bridgehead atoms. The van der Waals surface area contributed by atoms with Crippen LogP contribution in [0.3, 0.4) is 0 Å². The number of hydrogen-bond acceptors (Lipinski definition) is 6. The normalized spacial score (nSPS) is 17.2. The molecule has 3 aromatic rings. The quantitative estimate of drug-likeness (QED) is 0.637. The Hall–Kier alpha value is -2.35. The number of halogens is 1. The summed E-state index contributed by atoms with van der Waals surface area (Å²) in [7, 11) is 1.63. The van der Waals surface area contributed by atoms with E-state index in [0.29, 0.717) is 20.2 Å². The molecule has 0 aliphatic carbocycles. The molecule has 1 fully saturated rings. The van der Waals surface area contributed by atoms with Gasteiger partial charge >= 0.3 is 0 Å². The van der Waals surface area contributed by atoms with Crippen molar-refractivity contribution in [2.24, 2.45) is 4.99 Å². The highest BCUT2D eigenvalue weighted by Gasteiger charge is 2.24. The summed E-state index contributed by atoms with van der Waals surface area (Å²) in [5.74, 6) is 0.590. The van der Waals surface area contributed by atoms with E-state index in [1.807, 2.05) is 30.3 Å². The summed E-state index contributed by atoms with van der Waals surface area (Å²) in [5, 5.41) is 4.49. The van der Waals surface area contributed by atoms with Gasteiger partial charge in [-0.05, 0) is 53.7 Å². The number of nitrogens with zero attached hydrogens (tertiary/aromatic N) is 2. The molecule has 0 saturated carbocycles. The van der Waals surface area contributed by atoms with E-state index in [9.17, 15) is 4.79 Å². The molecule has 130 valence electrons. The van der Waals surface area contributed by atoms with Gasteiger partial charge in [0.1, 0.15) is 5.75 Å². The number of aliphatic imine (C=N–C) groups is 1. The van der Waals surface area contributed by atoms with E-state index in [1.54, 1.807) is 25.3 Å². The molecule has 5 nitrogen and oxygen atoms in total. The van der Waals surface area contributed by atoms with Crippen LogP contribution in [0.1, 0.15) is 5.56 Å². The zero-order valence-corrected chi connectivity index (χ0v) is 15.9. The molecule has 1 N–H and O–H groups in total. The SMILES string of the molecule is COc1ccc2nc(N=C3NC(=O)/C(=C/c4cccc(Cl)c4)S3)sc2c1. The number of amides is 1. The van der Waals surface area contributed by atoms with Gasteiger partial charge in [-0.3, -0.25) is 4.79 Å². The minimum atomic E-state index is -0.184. The fourth-order valence-electron chi connectivity index (χ4n) is 2.38. The number of nitrogens with one attached hydrogen (secondary N) is 1. The lowest BCUT2D eigenvalue weighted by molar-refractivity contribution is -0.115. The zero-order valence-electron chi connectivity index (χ0n) is 13.5. The lowest BCUT2D eigenvalue weighted by atomic mass is 10.2. The zero-order chi connectivity index (χ0) is 18.1. The molecule has 1 aliphatic rings. The van der Waals surface area contributed by atoms with Crippen LogP contribution < -0.4 is 10.1 Å². The first-order valence-electron chi connectivity index (χ1n) is 7.60. The second kappa shape index (κ2) is 7.11. The average molecular weight is 402 g/mol. The summed E-state index contributed by atoms with van der Waals surface area (Å²) < 4.78 is 6.20. The minimum Gasteiger partial charge on any atom is -0.497 e. The Labute approximate surface area is 162 Å². The molecule has 0 spiro atoms. The predicted molar refractivity (Wildman–Crippen MR) is 108 cm³/mol. The third-order valence-electron chi connectivity index (χ3n) is 3.58. The van der Waals surface area contributed by atoms with E-state index in [2.05, 4.69) is 15.3 Å². The van der Waals surface area contributed by atoms with Crippen molar-refractivity contribution in [2.75, 3.05) is 7.11 Å². The number of benzene rings is 2. The number of methoxy groups -OCH3 is 1. The third-order valence-corrected chi connectivity index (χ3v) is 5.64. The number of thioether (sulfide) groups is 1. The number of carbonyl (C=O) groups is 1. The molecule has 8 heteroatoms. The van der Waals surface area contributed by atoms with Gasteiger partial charge in [0, 0.05) is 5.02 Å². The lowest BCUT2D eigenvalue weighted by Crippen LogP contribution is -2.19. The van der Waals surface area contributed by atoms with Crippen LogP contribution in [0.4, 0.5) is 5.13 Å². The fourth-order valence-corrected chi connectivity index (χ4v) is 4.33. The number of hydrogen-bond donors (Lipinski definition) is 1. The smallest absolute Gasteiger partial charge is 0.264 e. The molecule has 1 aliphatic heterocycles. The van der Waals surface area contributed by atoms with Gasteiger partial charge in [-0.15, -0.1) is 0 Å². The van der Waals surface area contributed by atoms with E-state index >= 15 is 0 Å². The average Bonchev–Trinajstić information content (AvgIpc) is 3.17. The van der Waals surface area contributed by atoms with E-state index in [-0.39, 0.29) is 5.91 Å². The van der Waals surface area contributed by atoms with Crippen LogP contribution in [-0.2, 0) is 4.79 Å². The first kappa shape index (κ1) is 17.1. The van der Waals surface area contributed by atoms with E-state index in [0.717, 1.165) is 21.5 Å². The number of carbonyl (C=O) groups excluding carboxylic acids is 1. The topological polar surface area (TPSA) is 63.6 Å². The summed E-state index contributed by atoms with van der Waals surface area (Å²) >= 11 is 8.71. The monoisotopic (exact) mass is 401 g/mol. The predicted octanol–water partition coefficient (Wildman–Crippen LogP) is 4.85. The van der Waals surface area contributed by atoms with Crippen LogP contribution in [0.5, 0.6) is 5.75 Å². The molecule has 26 heavy (non-hydrogen) atoms. The molecule has 2 aromatic carbocycles. The van der Waals surface area contributed by atoms with E-state index in [1.165, 1.54) is 23.1 Å². The Balaban J connectivity index is 1.60. The second-order valence-electron chi connectivity index (χ2n) is 5.37. The second-order valence-corrected chi connectivity index (χ2v) is 7.84. The van der Waals surface area contributed by atoms with Crippen LogP contribution in [0.2, 0.25) is 5.02 Å². The van der Waals surface area contributed by atoms with Crippen molar-refractivity contribution in [3.8, 4) is 5.75 Å². The van der Waals surface area contributed by atoms with Gasteiger partial charge in [-0.25, -0.2) is 4.98 Å². The lowest BCUT2D eigenvalue weighted by Gasteiger charge is -1.96. The molecule has 1 saturated heterocycles. The van der Waals surface area contributed by atoms with Crippen molar-refractivity contribution in [1.29, 1.82) is 0 Å².